The summed E-state index contributed by atoms with van der Waals surface area (Å²) in [6.45, 7) is 0. The van der Waals surface area contributed by atoms with Crippen LogP contribution in [0.5, 0.6) is 0 Å². The maximum absolute atomic E-state index is 11.9. The van der Waals surface area contributed by atoms with Crippen molar-refractivity contribution < 1.29 is 4.79 Å². The third kappa shape index (κ3) is 2.84. The van der Waals surface area contributed by atoms with Gasteiger partial charge in [-0.3, -0.25) is 4.79 Å². The summed E-state index contributed by atoms with van der Waals surface area (Å²) in [4.78, 5) is 12.6. The van der Waals surface area contributed by atoms with E-state index in [4.69, 9.17) is 5.73 Å². The third-order valence-corrected chi connectivity index (χ3v) is 4.56. The van der Waals surface area contributed by atoms with E-state index in [2.05, 4.69) is 21.2 Å². The predicted octanol–water partition coefficient (Wildman–Crippen LogP) is 2.51. The van der Waals surface area contributed by atoms with Crippen molar-refractivity contribution in [3.05, 3.63) is 20.8 Å². The summed E-state index contributed by atoms with van der Waals surface area (Å²) < 4.78 is 0.977. The Morgan fingerprint density at radius 2 is 2.19 bits per heavy atom. The fraction of sp³-hybridized carbons (Fsp3) is 0.545. The van der Waals surface area contributed by atoms with Gasteiger partial charge in [0.25, 0.3) is 5.91 Å². The van der Waals surface area contributed by atoms with Crippen LogP contribution in [0.2, 0.25) is 0 Å². The molecule has 1 aliphatic rings. The van der Waals surface area contributed by atoms with E-state index in [0.29, 0.717) is 0 Å². The molecule has 0 aromatic carbocycles. The monoisotopic (exact) mass is 302 g/mol. The van der Waals surface area contributed by atoms with Crippen LogP contribution < -0.4 is 11.1 Å². The van der Waals surface area contributed by atoms with Crippen LogP contribution in [0.4, 0.5) is 0 Å². The maximum atomic E-state index is 11.9. The third-order valence-electron chi connectivity index (χ3n) is 2.93. The second-order valence-corrected chi connectivity index (χ2v) is 6.60. The zero-order chi connectivity index (χ0) is 11.5. The Labute approximate surface area is 108 Å². The molecule has 2 rings (SSSR count). The average molecular weight is 303 g/mol. The SMILES string of the molecule is NC1CCCCC1NC(=O)c1ccc(Br)s1. The molecule has 88 valence electrons. The molecule has 1 aromatic rings. The molecule has 0 saturated heterocycles. The van der Waals surface area contributed by atoms with Gasteiger partial charge < -0.3 is 11.1 Å². The Bertz CT molecular complexity index is 380. The van der Waals surface area contributed by atoms with Gasteiger partial charge in [-0.2, -0.15) is 0 Å². The van der Waals surface area contributed by atoms with Crippen LogP contribution in [0.25, 0.3) is 0 Å². The lowest BCUT2D eigenvalue weighted by Gasteiger charge is -2.29. The predicted molar refractivity (Wildman–Crippen MR) is 69.7 cm³/mol. The molecule has 0 spiro atoms. The van der Waals surface area contributed by atoms with E-state index in [0.717, 1.165) is 27.9 Å². The van der Waals surface area contributed by atoms with E-state index in [1.54, 1.807) is 0 Å². The van der Waals surface area contributed by atoms with Gasteiger partial charge in [-0.05, 0) is 40.9 Å². The second-order valence-electron chi connectivity index (χ2n) is 4.13. The quantitative estimate of drug-likeness (QED) is 0.882. The van der Waals surface area contributed by atoms with Gasteiger partial charge in [-0.1, -0.05) is 12.8 Å². The number of nitrogens with one attached hydrogen (secondary N) is 1. The lowest BCUT2D eigenvalue weighted by atomic mass is 9.91. The Kier molecular flexibility index (Phi) is 4.00. The summed E-state index contributed by atoms with van der Waals surface area (Å²) in [5.74, 6) is -0.00181. The van der Waals surface area contributed by atoms with Gasteiger partial charge in [0.15, 0.2) is 0 Å². The summed E-state index contributed by atoms with van der Waals surface area (Å²) >= 11 is 4.80. The van der Waals surface area contributed by atoms with Crippen molar-refractivity contribution in [3.63, 3.8) is 0 Å². The number of hydrogen-bond acceptors (Lipinski definition) is 3. The zero-order valence-electron chi connectivity index (χ0n) is 8.91. The van der Waals surface area contributed by atoms with Crippen molar-refractivity contribution >= 4 is 33.2 Å². The Morgan fingerprint density at radius 1 is 1.44 bits per heavy atom. The molecular formula is C11H15BrN2OS. The summed E-state index contributed by atoms with van der Waals surface area (Å²) in [5.41, 5.74) is 5.99. The van der Waals surface area contributed by atoms with E-state index >= 15 is 0 Å². The first-order valence-electron chi connectivity index (χ1n) is 5.48. The normalized spacial score (nSPS) is 25.4. The van der Waals surface area contributed by atoms with Crippen LogP contribution in [0.15, 0.2) is 15.9 Å². The molecule has 0 aliphatic heterocycles. The number of nitrogens with two attached hydrogens (primary N) is 1. The van der Waals surface area contributed by atoms with E-state index in [1.165, 1.54) is 17.8 Å². The highest BCUT2D eigenvalue weighted by Crippen LogP contribution is 2.23. The number of halogens is 1. The highest BCUT2D eigenvalue weighted by Gasteiger charge is 2.24. The number of carbonyl (C=O) groups excluding carboxylic acids is 1. The molecule has 0 radical (unpaired) electrons. The van der Waals surface area contributed by atoms with Crippen molar-refractivity contribution in [2.24, 2.45) is 5.73 Å². The van der Waals surface area contributed by atoms with Crippen LogP contribution in [-0.2, 0) is 0 Å². The first kappa shape index (κ1) is 12.1. The Hall–Kier alpha value is -0.390. The van der Waals surface area contributed by atoms with Gasteiger partial charge in [0.05, 0.1) is 8.66 Å². The number of thiophene rings is 1. The number of amides is 1. The van der Waals surface area contributed by atoms with Gasteiger partial charge in [0.1, 0.15) is 0 Å². The van der Waals surface area contributed by atoms with E-state index in [1.807, 2.05) is 12.1 Å². The molecule has 2 unspecified atom stereocenters. The van der Waals surface area contributed by atoms with Crippen LogP contribution >= 0.6 is 27.3 Å². The minimum absolute atomic E-state index is 0.00181. The summed E-state index contributed by atoms with van der Waals surface area (Å²) in [5, 5.41) is 3.02. The van der Waals surface area contributed by atoms with Gasteiger partial charge in [-0.15, -0.1) is 11.3 Å². The molecule has 1 saturated carbocycles. The van der Waals surface area contributed by atoms with Gasteiger partial charge >= 0.3 is 0 Å². The molecule has 0 bridgehead atoms. The molecule has 1 aliphatic carbocycles. The van der Waals surface area contributed by atoms with Crippen molar-refractivity contribution in [3.8, 4) is 0 Å². The maximum Gasteiger partial charge on any atom is 0.261 e. The molecule has 3 nitrogen and oxygen atoms in total. The lowest BCUT2D eigenvalue weighted by molar-refractivity contribution is 0.0925. The van der Waals surface area contributed by atoms with Crippen LogP contribution in [-0.4, -0.2) is 18.0 Å². The van der Waals surface area contributed by atoms with Crippen LogP contribution in [0, 0.1) is 0 Å². The molecule has 1 amide bonds. The molecule has 1 aromatic heterocycles. The van der Waals surface area contributed by atoms with Crippen molar-refractivity contribution in [2.45, 2.75) is 37.8 Å². The largest absolute Gasteiger partial charge is 0.347 e. The van der Waals surface area contributed by atoms with E-state index < -0.39 is 0 Å². The smallest absolute Gasteiger partial charge is 0.261 e. The van der Waals surface area contributed by atoms with Gasteiger partial charge in [0.2, 0.25) is 0 Å². The molecule has 2 atom stereocenters. The molecule has 5 heteroatoms. The molecule has 1 fully saturated rings. The minimum atomic E-state index is -0.00181. The number of carbonyl (C=O) groups is 1. The second kappa shape index (κ2) is 5.29. The first-order valence-corrected chi connectivity index (χ1v) is 7.09. The Morgan fingerprint density at radius 3 is 2.81 bits per heavy atom. The zero-order valence-corrected chi connectivity index (χ0v) is 11.3. The molecule has 16 heavy (non-hydrogen) atoms. The number of hydrogen-bond donors (Lipinski definition) is 2. The fourth-order valence-electron chi connectivity index (χ4n) is 2.01. The van der Waals surface area contributed by atoms with Crippen molar-refractivity contribution in [2.75, 3.05) is 0 Å². The van der Waals surface area contributed by atoms with E-state index in [9.17, 15) is 4.79 Å². The van der Waals surface area contributed by atoms with Crippen molar-refractivity contribution in [1.82, 2.24) is 5.32 Å². The van der Waals surface area contributed by atoms with Gasteiger partial charge in [-0.25, -0.2) is 0 Å². The summed E-state index contributed by atoms with van der Waals surface area (Å²) in [6.07, 6.45) is 4.35. The average Bonchev–Trinajstić information content (AvgIpc) is 2.68. The lowest BCUT2D eigenvalue weighted by Crippen LogP contribution is -2.49. The highest BCUT2D eigenvalue weighted by atomic mass is 79.9. The topological polar surface area (TPSA) is 55.1 Å². The van der Waals surface area contributed by atoms with Crippen LogP contribution in [0.3, 0.4) is 0 Å². The van der Waals surface area contributed by atoms with Crippen molar-refractivity contribution in [1.29, 1.82) is 0 Å². The minimum Gasteiger partial charge on any atom is -0.347 e. The highest BCUT2D eigenvalue weighted by molar-refractivity contribution is 9.11. The number of rotatable bonds is 2. The summed E-state index contributed by atoms with van der Waals surface area (Å²) in [7, 11) is 0. The molecule has 3 N–H and O–H groups in total. The fourth-order valence-corrected chi connectivity index (χ4v) is 3.30. The first-order chi connectivity index (χ1) is 7.66. The van der Waals surface area contributed by atoms with Gasteiger partial charge in [0, 0.05) is 12.1 Å². The molecular weight excluding hydrogens is 288 g/mol. The summed E-state index contributed by atoms with van der Waals surface area (Å²) in [6, 6.07) is 3.97. The Balaban J connectivity index is 1.96. The van der Waals surface area contributed by atoms with Crippen LogP contribution in [0.1, 0.15) is 35.4 Å². The standard InChI is InChI=1S/C11H15BrN2OS/c12-10-6-5-9(16-10)11(15)14-8-4-2-1-3-7(8)13/h5-8H,1-4,13H2,(H,14,15). The van der Waals surface area contributed by atoms with E-state index in [-0.39, 0.29) is 18.0 Å². The molecule has 1 heterocycles.